The number of halogens is 3. The molecule has 2 aromatic rings. The summed E-state index contributed by atoms with van der Waals surface area (Å²) in [5.41, 5.74) is 10.8. The Morgan fingerprint density at radius 3 is 2.40 bits per heavy atom. The minimum atomic E-state index is -0.858. The Morgan fingerprint density at radius 1 is 1.15 bits per heavy atom. The van der Waals surface area contributed by atoms with E-state index >= 15 is 0 Å². The largest absolute Gasteiger partial charge is 0.455 e. The molecule has 0 heterocycles. The summed E-state index contributed by atoms with van der Waals surface area (Å²) in [4.78, 5) is 10.9. The quantitative estimate of drug-likeness (QED) is 0.849. The van der Waals surface area contributed by atoms with Crippen LogP contribution in [0.1, 0.15) is 10.4 Å². The standard InChI is InChI=1S/C13H9Cl2FN2O2/c14-8-4-11(17)12(5-9(8)15)20-6-1-2-7(13(18)19)10(16)3-6/h1-5H,17H2,(H2,18,19). The fraction of sp³-hybridized carbons (Fsp3) is 0. The molecule has 104 valence electrons. The van der Waals surface area contributed by atoms with Crippen LogP contribution in [-0.4, -0.2) is 5.91 Å². The predicted molar refractivity (Wildman–Crippen MR) is 75.9 cm³/mol. The molecule has 0 unspecified atom stereocenters. The van der Waals surface area contributed by atoms with E-state index in [4.69, 9.17) is 39.4 Å². The van der Waals surface area contributed by atoms with Gasteiger partial charge in [0.15, 0.2) is 5.75 Å². The number of benzene rings is 2. The summed E-state index contributed by atoms with van der Waals surface area (Å²) in [5, 5.41) is 0.539. The van der Waals surface area contributed by atoms with Crippen molar-refractivity contribution >= 4 is 34.8 Å². The first-order valence-corrected chi connectivity index (χ1v) is 6.16. The highest BCUT2D eigenvalue weighted by Gasteiger charge is 2.11. The molecule has 0 aliphatic rings. The number of ether oxygens (including phenoxy) is 1. The van der Waals surface area contributed by atoms with Crippen LogP contribution in [0, 0.1) is 5.82 Å². The Hall–Kier alpha value is -1.98. The lowest BCUT2D eigenvalue weighted by atomic mass is 10.2. The minimum Gasteiger partial charge on any atom is -0.455 e. The van der Waals surface area contributed by atoms with Crippen LogP contribution in [0.5, 0.6) is 11.5 Å². The van der Waals surface area contributed by atoms with Crippen molar-refractivity contribution in [3.63, 3.8) is 0 Å². The maximum atomic E-state index is 13.6. The molecule has 4 nitrogen and oxygen atoms in total. The maximum absolute atomic E-state index is 13.6. The summed E-state index contributed by atoms with van der Waals surface area (Å²) in [5.74, 6) is -1.26. The van der Waals surface area contributed by atoms with Gasteiger partial charge in [-0.2, -0.15) is 0 Å². The Bertz CT molecular complexity index is 692. The zero-order valence-electron chi connectivity index (χ0n) is 9.99. The molecule has 2 aromatic carbocycles. The zero-order chi connectivity index (χ0) is 14.9. The second-order valence-corrected chi connectivity index (χ2v) is 4.73. The number of anilines is 1. The summed E-state index contributed by atoms with van der Waals surface area (Å²) in [6.07, 6.45) is 0. The highest BCUT2D eigenvalue weighted by molar-refractivity contribution is 6.42. The van der Waals surface area contributed by atoms with Crippen LogP contribution in [0.4, 0.5) is 10.1 Å². The molecule has 0 aromatic heterocycles. The van der Waals surface area contributed by atoms with E-state index in [2.05, 4.69) is 0 Å². The van der Waals surface area contributed by atoms with Crippen LogP contribution in [0.3, 0.4) is 0 Å². The van der Waals surface area contributed by atoms with Crippen molar-refractivity contribution in [1.29, 1.82) is 0 Å². The summed E-state index contributed by atoms with van der Waals surface area (Å²) in [6.45, 7) is 0. The SMILES string of the molecule is NC(=O)c1ccc(Oc2cc(Cl)c(Cl)cc2N)cc1F. The molecule has 0 bridgehead atoms. The molecule has 4 N–H and O–H groups in total. The third-order valence-electron chi connectivity index (χ3n) is 2.49. The van der Waals surface area contributed by atoms with Gasteiger partial charge in [0.05, 0.1) is 21.3 Å². The second-order valence-electron chi connectivity index (χ2n) is 3.91. The van der Waals surface area contributed by atoms with Crippen LogP contribution < -0.4 is 16.2 Å². The number of hydrogen-bond donors (Lipinski definition) is 2. The Labute approximate surface area is 124 Å². The molecular weight excluding hydrogens is 306 g/mol. The van der Waals surface area contributed by atoms with Crippen LogP contribution in [0.2, 0.25) is 10.0 Å². The molecule has 1 amide bonds. The molecular formula is C13H9Cl2FN2O2. The monoisotopic (exact) mass is 314 g/mol. The van der Waals surface area contributed by atoms with Gasteiger partial charge in [-0.15, -0.1) is 0 Å². The molecule has 0 fully saturated rings. The second kappa shape index (κ2) is 5.56. The van der Waals surface area contributed by atoms with E-state index in [1.807, 2.05) is 0 Å². The van der Waals surface area contributed by atoms with Crippen molar-refractivity contribution < 1.29 is 13.9 Å². The van der Waals surface area contributed by atoms with Gasteiger partial charge in [0.2, 0.25) is 0 Å². The normalized spacial score (nSPS) is 10.3. The van der Waals surface area contributed by atoms with Crippen molar-refractivity contribution in [2.45, 2.75) is 0 Å². The van der Waals surface area contributed by atoms with Crippen molar-refractivity contribution in [2.24, 2.45) is 5.73 Å². The Morgan fingerprint density at radius 2 is 1.80 bits per heavy atom. The predicted octanol–water partition coefficient (Wildman–Crippen LogP) is 3.61. The fourth-order valence-corrected chi connectivity index (χ4v) is 1.84. The molecule has 7 heteroatoms. The Kier molecular flexibility index (Phi) is 4.01. The molecule has 0 atom stereocenters. The lowest BCUT2D eigenvalue weighted by Gasteiger charge is -2.10. The van der Waals surface area contributed by atoms with E-state index in [9.17, 15) is 9.18 Å². The van der Waals surface area contributed by atoms with E-state index < -0.39 is 11.7 Å². The summed E-state index contributed by atoms with van der Waals surface area (Å²) < 4.78 is 19.0. The third kappa shape index (κ3) is 2.95. The molecule has 0 saturated heterocycles. The smallest absolute Gasteiger partial charge is 0.251 e. The zero-order valence-corrected chi connectivity index (χ0v) is 11.5. The van der Waals surface area contributed by atoms with Gasteiger partial charge < -0.3 is 16.2 Å². The molecule has 0 aliphatic heterocycles. The average Bonchev–Trinajstić information content (AvgIpc) is 2.35. The van der Waals surface area contributed by atoms with E-state index in [1.54, 1.807) is 0 Å². The first kappa shape index (κ1) is 14.4. The fourth-order valence-electron chi connectivity index (χ4n) is 1.52. The van der Waals surface area contributed by atoms with E-state index in [0.29, 0.717) is 0 Å². The molecule has 0 spiro atoms. The topological polar surface area (TPSA) is 78.3 Å². The van der Waals surface area contributed by atoms with Crippen LogP contribution in [-0.2, 0) is 0 Å². The first-order valence-electron chi connectivity index (χ1n) is 5.40. The highest BCUT2D eigenvalue weighted by Crippen LogP contribution is 2.35. The van der Waals surface area contributed by atoms with Crippen molar-refractivity contribution in [1.82, 2.24) is 0 Å². The number of primary amides is 1. The van der Waals surface area contributed by atoms with Crippen LogP contribution in [0.15, 0.2) is 30.3 Å². The van der Waals surface area contributed by atoms with E-state index in [-0.39, 0.29) is 32.8 Å². The number of carbonyl (C=O) groups excluding carboxylic acids is 1. The van der Waals surface area contributed by atoms with Crippen molar-refractivity contribution in [3.8, 4) is 11.5 Å². The van der Waals surface area contributed by atoms with Gasteiger partial charge in [0.1, 0.15) is 11.6 Å². The van der Waals surface area contributed by atoms with E-state index in [0.717, 1.165) is 6.07 Å². The summed E-state index contributed by atoms with van der Waals surface area (Å²) >= 11 is 11.6. The number of rotatable bonds is 3. The molecule has 20 heavy (non-hydrogen) atoms. The number of nitrogen functional groups attached to an aromatic ring is 1. The average molecular weight is 315 g/mol. The van der Waals surface area contributed by atoms with Crippen molar-refractivity contribution in [2.75, 3.05) is 5.73 Å². The summed E-state index contributed by atoms with van der Waals surface area (Å²) in [6, 6.07) is 6.49. The van der Waals surface area contributed by atoms with Crippen LogP contribution in [0.25, 0.3) is 0 Å². The number of hydrogen-bond acceptors (Lipinski definition) is 3. The van der Waals surface area contributed by atoms with E-state index in [1.165, 1.54) is 24.3 Å². The number of amides is 1. The molecule has 2 rings (SSSR count). The van der Waals surface area contributed by atoms with Gasteiger partial charge >= 0.3 is 0 Å². The van der Waals surface area contributed by atoms with Gasteiger partial charge in [-0.1, -0.05) is 23.2 Å². The summed E-state index contributed by atoms with van der Waals surface area (Å²) in [7, 11) is 0. The first-order chi connectivity index (χ1) is 9.38. The Balaban J connectivity index is 2.33. The van der Waals surface area contributed by atoms with Gasteiger partial charge in [0, 0.05) is 12.1 Å². The highest BCUT2D eigenvalue weighted by atomic mass is 35.5. The van der Waals surface area contributed by atoms with Gasteiger partial charge in [-0.3, -0.25) is 4.79 Å². The third-order valence-corrected chi connectivity index (χ3v) is 3.21. The molecule has 0 saturated carbocycles. The lowest BCUT2D eigenvalue weighted by molar-refractivity contribution is 0.0996. The number of nitrogens with two attached hydrogens (primary N) is 2. The lowest BCUT2D eigenvalue weighted by Crippen LogP contribution is -2.12. The molecule has 0 radical (unpaired) electrons. The van der Waals surface area contributed by atoms with Gasteiger partial charge in [-0.05, 0) is 18.2 Å². The maximum Gasteiger partial charge on any atom is 0.251 e. The van der Waals surface area contributed by atoms with Crippen molar-refractivity contribution in [3.05, 3.63) is 51.8 Å². The van der Waals surface area contributed by atoms with Crippen LogP contribution >= 0.6 is 23.2 Å². The molecule has 0 aliphatic carbocycles. The van der Waals surface area contributed by atoms with Gasteiger partial charge in [0.25, 0.3) is 5.91 Å². The minimum absolute atomic E-state index is 0.151. The van der Waals surface area contributed by atoms with Gasteiger partial charge in [-0.25, -0.2) is 4.39 Å². The number of carbonyl (C=O) groups is 1.